The van der Waals surface area contributed by atoms with Crippen molar-refractivity contribution in [2.75, 3.05) is 13.1 Å². The van der Waals surface area contributed by atoms with Crippen molar-refractivity contribution in [3.05, 3.63) is 70.5 Å². The molecule has 1 spiro atoms. The van der Waals surface area contributed by atoms with Gasteiger partial charge in [-0.1, -0.05) is 41.1 Å². The normalized spacial score (nSPS) is 20.4. The number of oxime groups is 1. The Morgan fingerprint density at radius 2 is 1.97 bits per heavy atom. The molecular weight excluding hydrogens is 397 g/mol. The first-order chi connectivity index (χ1) is 14.8. The standard InChI is InChI=1S/C24H26FN3O3/c1-16-4-7-18(8-5-16)14-26-22(29)21-13-24(31-27-21)10-3-11-28(15-24)23(30)19-9-6-17(2)20(25)12-19/h4-9,12H,3,10-11,13-15H2,1-2H3,(H,26,29). The van der Waals surface area contributed by atoms with Crippen molar-refractivity contribution in [2.45, 2.75) is 45.3 Å². The molecule has 0 aliphatic carbocycles. The molecule has 1 atom stereocenters. The van der Waals surface area contributed by atoms with E-state index in [0.717, 1.165) is 17.5 Å². The van der Waals surface area contributed by atoms with Crippen LogP contribution < -0.4 is 5.32 Å². The maximum absolute atomic E-state index is 13.9. The highest BCUT2D eigenvalue weighted by Gasteiger charge is 2.45. The number of rotatable bonds is 4. The first-order valence-corrected chi connectivity index (χ1v) is 10.5. The molecule has 162 valence electrons. The Balaban J connectivity index is 1.36. The molecule has 0 aromatic heterocycles. The molecule has 1 N–H and O–H groups in total. The molecule has 2 aromatic rings. The summed E-state index contributed by atoms with van der Waals surface area (Å²) in [6, 6.07) is 12.5. The average molecular weight is 423 g/mol. The number of benzene rings is 2. The third kappa shape index (κ3) is 4.60. The van der Waals surface area contributed by atoms with E-state index in [4.69, 9.17) is 4.84 Å². The first kappa shape index (κ1) is 21.0. The first-order valence-electron chi connectivity index (χ1n) is 10.5. The molecule has 2 aliphatic rings. The van der Waals surface area contributed by atoms with E-state index in [1.807, 2.05) is 31.2 Å². The summed E-state index contributed by atoms with van der Waals surface area (Å²) in [5.74, 6) is -0.897. The lowest BCUT2D eigenvalue weighted by Crippen LogP contribution is -2.51. The second kappa shape index (κ2) is 8.49. The summed E-state index contributed by atoms with van der Waals surface area (Å²) in [5.41, 5.74) is 2.62. The summed E-state index contributed by atoms with van der Waals surface area (Å²) in [5, 5.41) is 6.92. The van der Waals surface area contributed by atoms with Crippen LogP contribution in [-0.2, 0) is 16.2 Å². The van der Waals surface area contributed by atoms with Gasteiger partial charge < -0.3 is 15.1 Å². The monoisotopic (exact) mass is 423 g/mol. The zero-order chi connectivity index (χ0) is 22.0. The third-order valence-electron chi connectivity index (χ3n) is 5.92. The van der Waals surface area contributed by atoms with Crippen LogP contribution in [0.2, 0.25) is 0 Å². The van der Waals surface area contributed by atoms with Crippen molar-refractivity contribution in [3.63, 3.8) is 0 Å². The number of halogens is 1. The number of aryl methyl sites for hydroxylation is 2. The topological polar surface area (TPSA) is 71.0 Å². The molecule has 1 saturated heterocycles. The van der Waals surface area contributed by atoms with Gasteiger partial charge in [-0.3, -0.25) is 9.59 Å². The predicted octanol–water partition coefficient (Wildman–Crippen LogP) is 3.51. The van der Waals surface area contributed by atoms with E-state index >= 15 is 0 Å². The number of carbonyl (C=O) groups is 2. The van der Waals surface area contributed by atoms with Crippen LogP contribution in [0, 0.1) is 19.7 Å². The van der Waals surface area contributed by atoms with Crippen LogP contribution in [0.5, 0.6) is 0 Å². The van der Waals surface area contributed by atoms with Crippen molar-refractivity contribution in [3.8, 4) is 0 Å². The summed E-state index contributed by atoms with van der Waals surface area (Å²) in [6.07, 6.45) is 1.78. The molecule has 6 nitrogen and oxygen atoms in total. The second-order valence-corrected chi connectivity index (χ2v) is 8.45. The molecule has 4 rings (SSSR count). The maximum atomic E-state index is 13.9. The Kier molecular flexibility index (Phi) is 5.76. The third-order valence-corrected chi connectivity index (χ3v) is 5.92. The highest BCUT2D eigenvalue weighted by atomic mass is 19.1. The molecule has 1 unspecified atom stereocenters. The van der Waals surface area contributed by atoms with Crippen LogP contribution >= 0.6 is 0 Å². The molecule has 31 heavy (non-hydrogen) atoms. The van der Waals surface area contributed by atoms with Gasteiger partial charge in [0.25, 0.3) is 11.8 Å². The molecule has 0 saturated carbocycles. The van der Waals surface area contributed by atoms with Gasteiger partial charge in [-0.25, -0.2) is 4.39 Å². The minimum atomic E-state index is -0.701. The lowest BCUT2D eigenvalue weighted by Gasteiger charge is -2.38. The molecule has 0 radical (unpaired) electrons. The van der Waals surface area contributed by atoms with E-state index in [2.05, 4.69) is 10.5 Å². The number of amides is 2. The highest BCUT2D eigenvalue weighted by molar-refractivity contribution is 6.39. The van der Waals surface area contributed by atoms with Crippen molar-refractivity contribution >= 4 is 17.5 Å². The maximum Gasteiger partial charge on any atom is 0.269 e. The number of likely N-dealkylation sites (tertiary alicyclic amines) is 1. The zero-order valence-corrected chi connectivity index (χ0v) is 17.8. The fourth-order valence-electron chi connectivity index (χ4n) is 4.03. The Hall–Kier alpha value is -3.22. The largest absolute Gasteiger partial charge is 0.386 e. The van der Waals surface area contributed by atoms with E-state index in [-0.39, 0.29) is 11.8 Å². The Bertz CT molecular complexity index is 1030. The number of nitrogens with zero attached hydrogens (tertiary/aromatic N) is 2. The smallest absolute Gasteiger partial charge is 0.269 e. The van der Waals surface area contributed by atoms with Crippen molar-refractivity contribution in [2.24, 2.45) is 5.16 Å². The molecule has 2 aromatic carbocycles. The second-order valence-electron chi connectivity index (χ2n) is 8.45. The molecule has 7 heteroatoms. The Morgan fingerprint density at radius 1 is 1.19 bits per heavy atom. The zero-order valence-electron chi connectivity index (χ0n) is 17.8. The fraction of sp³-hybridized carbons (Fsp3) is 0.375. The number of nitrogens with one attached hydrogen (secondary N) is 1. The van der Waals surface area contributed by atoms with Gasteiger partial charge in [-0.05, 0) is 49.9 Å². The van der Waals surface area contributed by atoms with Gasteiger partial charge in [0.15, 0.2) is 5.60 Å². The number of piperidine rings is 1. The van der Waals surface area contributed by atoms with E-state index in [1.165, 1.54) is 6.07 Å². The summed E-state index contributed by atoms with van der Waals surface area (Å²) >= 11 is 0. The van der Waals surface area contributed by atoms with E-state index in [0.29, 0.717) is 49.3 Å². The molecule has 2 aliphatic heterocycles. The van der Waals surface area contributed by atoms with Crippen LogP contribution in [0.3, 0.4) is 0 Å². The number of hydrogen-bond acceptors (Lipinski definition) is 4. The molecule has 0 bridgehead atoms. The lowest BCUT2D eigenvalue weighted by atomic mass is 9.87. The summed E-state index contributed by atoms with van der Waals surface area (Å²) in [7, 11) is 0. The van der Waals surface area contributed by atoms with E-state index in [9.17, 15) is 14.0 Å². The molecule has 1 fully saturated rings. The van der Waals surface area contributed by atoms with Crippen LogP contribution in [0.25, 0.3) is 0 Å². The van der Waals surface area contributed by atoms with Crippen LogP contribution in [0.15, 0.2) is 47.6 Å². The van der Waals surface area contributed by atoms with Crippen LogP contribution in [-0.4, -0.2) is 41.1 Å². The Labute approximate surface area is 181 Å². The predicted molar refractivity (Wildman–Crippen MR) is 115 cm³/mol. The minimum Gasteiger partial charge on any atom is -0.386 e. The van der Waals surface area contributed by atoms with Gasteiger partial charge in [-0.15, -0.1) is 0 Å². The lowest BCUT2D eigenvalue weighted by molar-refractivity contribution is -0.115. The van der Waals surface area contributed by atoms with Gasteiger partial charge in [0, 0.05) is 25.1 Å². The average Bonchev–Trinajstić information content (AvgIpc) is 3.17. The summed E-state index contributed by atoms with van der Waals surface area (Å²) in [6.45, 7) is 4.97. The fourth-order valence-corrected chi connectivity index (χ4v) is 4.03. The SMILES string of the molecule is Cc1ccc(CNC(=O)C2=NOC3(CCCN(C(=O)c4ccc(C)c(F)c4)C3)C2)cc1. The van der Waals surface area contributed by atoms with Gasteiger partial charge in [-0.2, -0.15) is 0 Å². The molecule has 2 amide bonds. The van der Waals surface area contributed by atoms with E-state index in [1.54, 1.807) is 24.0 Å². The summed E-state index contributed by atoms with van der Waals surface area (Å²) in [4.78, 5) is 32.8. The van der Waals surface area contributed by atoms with Crippen LogP contribution in [0.4, 0.5) is 4.39 Å². The van der Waals surface area contributed by atoms with Crippen LogP contribution in [0.1, 0.15) is 46.3 Å². The van der Waals surface area contributed by atoms with Crippen molar-refractivity contribution in [1.29, 1.82) is 0 Å². The van der Waals surface area contributed by atoms with Crippen molar-refractivity contribution < 1.29 is 18.8 Å². The quantitative estimate of drug-likeness (QED) is 0.818. The Morgan fingerprint density at radius 3 is 2.71 bits per heavy atom. The molecular formula is C24H26FN3O3. The minimum absolute atomic E-state index is 0.237. The van der Waals surface area contributed by atoms with Gasteiger partial charge in [0.2, 0.25) is 0 Å². The van der Waals surface area contributed by atoms with Gasteiger partial charge >= 0.3 is 0 Å². The number of hydrogen-bond donors (Lipinski definition) is 1. The van der Waals surface area contributed by atoms with Gasteiger partial charge in [0.05, 0.1) is 6.54 Å². The number of carbonyl (C=O) groups excluding carboxylic acids is 2. The summed E-state index contributed by atoms with van der Waals surface area (Å²) < 4.78 is 13.9. The molecule has 2 heterocycles. The van der Waals surface area contributed by atoms with Crippen molar-refractivity contribution in [1.82, 2.24) is 10.2 Å². The highest BCUT2D eigenvalue weighted by Crippen LogP contribution is 2.34. The van der Waals surface area contributed by atoms with E-state index < -0.39 is 11.4 Å². The van der Waals surface area contributed by atoms with Gasteiger partial charge in [0.1, 0.15) is 11.5 Å².